The van der Waals surface area contributed by atoms with Crippen LogP contribution in [0.25, 0.3) is 0 Å². The third kappa shape index (κ3) is 4.86. The zero-order chi connectivity index (χ0) is 12.1. The molecule has 1 aliphatic heterocycles. The monoisotopic (exact) mass is 310 g/mol. The molecule has 18 heavy (non-hydrogen) atoms. The highest BCUT2D eigenvalue weighted by Gasteiger charge is 2.12. The van der Waals surface area contributed by atoms with E-state index in [2.05, 4.69) is 20.6 Å². The fraction of sp³-hybridized carbons (Fsp3) is 0.636. The molecule has 1 aromatic heterocycles. The molecule has 1 fully saturated rings. The van der Waals surface area contributed by atoms with Gasteiger partial charge in [0.2, 0.25) is 5.28 Å². The van der Waals surface area contributed by atoms with E-state index in [0.29, 0.717) is 17.7 Å². The molecule has 1 saturated heterocycles. The number of piperidine rings is 1. The molecular formula is C11H17Cl3N4. The molecule has 2 heterocycles. The van der Waals surface area contributed by atoms with Gasteiger partial charge in [0.25, 0.3) is 0 Å². The van der Waals surface area contributed by atoms with Crippen LogP contribution in [-0.4, -0.2) is 29.1 Å². The molecule has 2 N–H and O–H groups in total. The average molecular weight is 312 g/mol. The van der Waals surface area contributed by atoms with E-state index in [0.717, 1.165) is 18.7 Å². The molecular weight excluding hydrogens is 295 g/mol. The molecule has 0 aliphatic carbocycles. The predicted octanol–water partition coefficient (Wildman–Crippen LogP) is 2.44. The van der Waals surface area contributed by atoms with E-state index >= 15 is 0 Å². The SMILES string of the molecule is Cl.Clc1ncc(CNCC2CCCCN2)c(Cl)n1. The van der Waals surface area contributed by atoms with Crippen molar-refractivity contribution in [2.45, 2.75) is 31.8 Å². The van der Waals surface area contributed by atoms with E-state index in [1.54, 1.807) is 6.20 Å². The second-order valence-corrected chi connectivity index (χ2v) is 4.93. The van der Waals surface area contributed by atoms with Crippen LogP contribution in [0.5, 0.6) is 0 Å². The molecule has 0 spiro atoms. The summed E-state index contributed by atoms with van der Waals surface area (Å²) in [6.45, 7) is 2.74. The second-order valence-electron chi connectivity index (χ2n) is 4.23. The summed E-state index contributed by atoms with van der Waals surface area (Å²) in [6.07, 6.45) is 5.49. The maximum Gasteiger partial charge on any atom is 0.223 e. The minimum Gasteiger partial charge on any atom is -0.313 e. The number of nitrogens with one attached hydrogen (secondary N) is 2. The van der Waals surface area contributed by atoms with Crippen molar-refractivity contribution in [2.24, 2.45) is 0 Å². The Morgan fingerprint density at radius 3 is 2.89 bits per heavy atom. The van der Waals surface area contributed by atoms with Gasteiger partial charge in [-0.05, 0) is 31.0 Å². The molecule has 1 aliphatic rings. The van der Waals surface area contributed by atoms with Gasteiger partial charge in [-0.2, -0.15) is 0 Å². The molecule has 102 valence electrons. The maximum atomic E-state index is 5.96. The average Bonchev–Trinajstić information content (AvgIpc) is 2.33. The smallest absolute Gasteiger partial charge is 0.223 e. The van der Waals surface area contributed by atoms with Crippen molar-refractivity contribution < 1.29 is 0 Å². The van der Waals surface area contributed by atoms with E-state index in [1.165, 1.54) is 19.3 Å². The van der Waals surface area contributed by atoms with E-state index in [9.17, 15) is 0 Å². The van der Waals surface area contributed by atoms with E-state index < -0.39 is 0 Å². The normalized spacial score (nSPS) is 19.3. The summed E-state index contributed by atoms with van der Waals surface area (Å²) in [4.78, 5) is 7.82. The summed E-state index contributed by atoms with van der Waals surface area (Å²) >= 11 is 11.6. The summed E-state index contributed by atoms with van der Waals surface area (Å²) in [6, 6.07) is 0.566. The third-order valence-electron chi connectivity index (χ3n) is 2.90. The Morgan fingerprint density at radius 2 is 2.22 bits per heavy atom. The van der Waals surface area contributed by atoms with Gasteiger partial charge in [-0.3, -0.25) is 0 Å². The summed E-state index contributed by atoms with van der Waals surface area (Å²) < 4.78 is 0. The molecule has 0 aromatic carbocycles. The zero-order valence-electron chi connectivity index (χ0n) is 9.96. The molecule has 1 atom stereocenters. The highest BCUT2D eigenvalue weighted by Crippen LogP contribution is 2.14. The molecule has 1 unspecified atom stereocenters. The molecule has 7 heteroatoms. The summed E-state index contributed by atoms with van der Waals surface area (Å²) in [5.41, 5.74) is 0.881. The van der Waals surface area contributed by atoms with Crippen LogP contribution in [0.2, 0.25) is 10.4 Å². The van der Waals surface area contributed by atoms with Crippen LogP contribution in [0.4, 0.5) is 0 Å². The zero-order valence-corrected chi connectivity index (χ0v) is 12.3. The summed E-state index contributed by atoms with van der Waals surface area (Å²) in [5, 5.41) is 7.46. The Hall–Kier alpha value is -0.130. The predicted molar refractivity (Wildman–Crippen MR) is 76.6 cm³/mol. The fourth-order valence-corrected chi connectivity index (χ4v) is 2.34. The second kappa shape index (κ2) is 8.12. The lowest BCUT2D eigenvalue weighted by Crippen LogP contribution is -2.41. The van der Waals surface area contributed by atoms with Crippen LogP contribution in [0.1, 0.15) is 24.8 Å². The van der Waals surface area contributed by atoms with Crippen LogP contribution in [0.15, 0.2) is 6.20 Å². The lowest BCUT2D eigenvalue weighted by atomic mass is 10.1. The van der Waals surface area contributed by atoms with Crippen LogP contribution >= 0.6 is 35.6 Å². The first-order valence-corrected chi connectivity index (χ1v) is 6.62. The fourth-order valence-electron chi connectivity index (χ4n) is 1.96. The Labute approximate surface area is 123 Å². The number of aromatic nitrogens is 2. The van der Waals surface area contributed by atoms with Gasteiger partial charge in [-0.15, -0.1) is 12.4 Å². The first-order chi connectivity index (χ1) is 8.25. The molecule has 0 radical (unpaired) electrons. The molecule has 1 aromatic rings. The number of hydrogen-bond acceptors (Lipinski definition) is 4. The van der Waals surface area contributed by atoms with E-state index in [1.807, 2.05) is 0 Å². The summed E-state index contributed by atoms with van der Waals surface area (Å²) in [5.74, 6) is 0. The van der Waals surface area contributed by atoms with E-state index in [-0.39, 0.29) is 17.7 Å². The third-order valence-corrected chi connectivity index (χ3v) is 3.41. The van der Waals surface area contributed by atoms with Gasteiger partial charge in [0.1, 0.15) is 5.15 Å². The van der Waals surface area contributed by atoms with Gasteiger partial charge in [0.15, 0.2) is 0 Å². The van der Waals surface area contributed by atoms with Crippen molar-refractivity contribution in [3.63, 3.8) is 0 Å². The summed E-state index contributed by atoms with van der Waals surface area (Å²) in [7, 11) is 0. The Bertz CT molecular complexity index is 369. The van der Waals surface area contributed by atoms with Crippen molar-refractivity contribution in [3.05, 3.63) is 22.2 Å². The minimum atomic E-state index is 0. The first-order valence-electron chi connectivity index (χ1n) is 5.87. The number of nitrogens with zero attached hydrogens (tertiary/aromatic N) is 2. The quantitative estimate of drug-likeness (QED) is 0.662. The molecule has 0 bridgehead atoms. The van der Waals surface area contributed by atoms with Gasteiger partial charge in [0, 0.05) is 30.9 Å². The molecule has 4 nitrogen and oxygen atoms in total. The van der Waals surface area contributed by atoms with Crippen molar-refractivity contribution in [2.75, 3.05) is 13.1 Å². The first kappa shape index (κ1) is 15.9. The standard InChI is InChI=1S/C11H16Cl2N4.ClH/c12-10-8(6-16-11(13)17-10)5-14-7-9-3-1-2-4-15-9;/h6,9,14-15H,1-5,7H2;1H. The lowest BCUT2D eigenvalue weighted by molar-refractivity contribution is 0.383. The van der Waals surface area contributed by atoms with Crippen molar-refractivity contribution in [1.29, 1.82) is 0 Å². The maximum absolute atomic E-state index is 5.96. The van der Waals surface area contributed by atoms with Gasteiger partial charge >= 0.3 is 0 Å². The number of halogens is 3. The van der Waals surface area contributed by atoms with Crippen LogP contribution < -0.4 is 10.6 Å². The Kier molecular flexibility index (Phi) is 7.19. The molecule has 0 amide bonds. The van der Waals surface area contributed by atoms with Crippen LogP contribution in [0, 0.1) is 0 Å². The van der Waals surface area contributed by atoms with Crippen LogP contribution in [0.3, 0.4) is 0 Å². The van der Waals surface area contributed by atoms with Gasteiger partial charge in [0.05, 0.1) is 0 Å². The van der Waals surface area contributed by atoms with Gasteiger partial charge in [-0.25, -0.2) is 9.97 Å². The van der Waals surface area contributed by atoms with Gasteiger partial charge in [-0.1, -0.05) is 18.0 Å². The van der Waals surface area contributed by atoms with Gasteiger partial charge < -0.3 is 10.6 Å². The van der Waals surface area contributed by atoms with Crippen molar-refractivity contribution in [3.8, 4) is 0 Å². The molecule has 2 rings (SSSR count). The van der Waals surface area contributed by atoms with E-state index in [4.69, 9.17) is 23.2 Å². The number of rotatable bonds is 4. The topological polar surface area (TPSA) is 49.8 Å². The van der Waals surface area contributed by atoms with Crippen molar-refractivity contribution >= 4 is 35.6 Å². The highest BCUT2D eigenvalue weighted by atomic mass is 35.5. The Balaban J connectivity index is 0.00000162. The van der Waals surface area contributed by atoms with Crippen LogP contribution in [-0.2, 0) is 6.54 Å². The number of hydrogen-bond donors (Lipinski definition) is 2. The lowest BCUT2D eigenvalue weighted by Gasteiger charge is -2.23. The minimum absolute atomic E-state index is 0. The Morgan fingerprint density at radius 1 is 1.39 bits per heavy atom. The highest BCUT2D eigenvalue weighted by molar-refractivity contribution is 6.32. The largest absolute Gasteiger partial charge is 0.313 e. The van der Waals surface area contributed by atoms with Crippen molar-refractivity contribution in [1.82, 2.24) is 20.6 Å². The molecule has 0 saturated carbocycles.